The number of hydrogen-bond acceptors (Lipinski definition) is 3. The van der Waals surface area contributed by atoms with Crippen molar-refractivity contribution in [3.63, 3.8) is 0 Å². The van der Waals surface area contributed by atoms with E-state index in [2.05, 4.69) is 5.32 Å². The molecule has 142 valence electrons. The molecule has 6 heteroatoms. The molecule has 26 heavy (non-hydrogen) atoms. The van der Waals surface area contributed by atoms with Gasteiger partial charge >= 0.3 is 0 Å². The maximum Gasteiger partial charge on any atom is 0.225 e. The van der Waals surface area contributed by atoms with E-state index in [0.717, 1.165) is 31.6 Å². The number of carbonyl (C=O) groups excluding carboxylic acids is 2. The second-order valence-corrected chi connectivity index (χ2v) is 7.56. The third-order valence-corrected chi connectivity index (χ3v) is 5.72. The Kier molecular flexibility index (Phi) is 6.54. The number of nitrogens with zero attached hydrogens (tertiary/aromatic N) is 1. The van der Waals surface area contributed by atoms with Gasteiger partial charge in [-0.05, 0) is 49.8 Å². The summed E-state index contributed by atoms with van der Waals surface area (Å²) < 4.78 is 5.38. The van der Waals surface area contributed by atoms with E-state index in [0.29, 0.717) is 36.9 Å². The minimum Gasteiger partial charge on any atom is -0.381 e. The number of carbonyl (C=O) groups is 2. The number of halogens is 1. The highest BCUT2D eigenvalue weighted by atomic mass is 35.5. The highest BCUT2D eigenvalue weighted by Crippen LogP contribution is 2.37. The normalized spacial score (nSPS) is 24.5. The zero-order chi connectivity index (χ0) is 18.5. The smallest absolute Gasteiger partial charge is 0.225 e. The molecular formula is C20H27ClN2O3. The molecule has 2 atom stereocenters. The maximum atomic E-state index is 13.0. The van der Waals surface area contributed by atoms with Crippen LogP contribution in [0.3, 0.4) is 0 Å². The minimum absolute atomic E-state index is 0.0346. The summed E-state index contributed by atoms with van der Waals surface area (Å²) in [4.78, 5) is 27.2. The number of amides is 2. The predicted octanol–water partition coefficient (Wildman–Crippen LogP) is 3.18. The minimum atomic E-state index is -0.255. The second kappa shape index (κ2) is 8.87. The molecule has 2 heterocycles. The van der Waals surface area contributed by atoms with Gasteiger partial charge in [-0.25, -0.2) is 0 Å². The number of nitrogens with one attached hydrogen (secondary N) is 1. The van der Waals surface area contributed by atoms with E-state index in [4.69, 9.17) is 16.3 Å². The van der Waals surface area contributed by atoms with Gasteiger partial charge in [0.2, 0.25) is 11.8 Å². The van der Waals surface area contributed by atoms with E-state index in [1.54, 1.807) is 0 Å². The van der Waals surface area contributed by atoms with Crippen LogP contribution in [0.4, 0.5) is 0 Å². The van der Waals surface area contributed by atoms with Crippen molar-refractivity contribution in [2.24, 2.45) is 11.8 Å². The standard InChI is InChI=1S/C20H27ClN2O3/c1-2-23-18(24)7-6-17(19(23)15-4-3-5-16(21)12-15)20(25)22-13-14-8-10-26-11-9-14/h3-5,12,14,17,19H,2,6-11,13H2,1H3,(H,22,25)/t17-,19+/m1/s1. The zero-order valence-electron chi connectivity index (χ0n) is 15.2. The van der Waals surface area contributed by atoms with Crippen molar-refractivity contribution >= 4 is 23.4 Å². The maximum absolute atomic E-state index is 13.0. The summed E-state index contributed by atoms with van der Waals surface area (Å²) in [6, 6.07) is 7.26. The van der Waals surface area contributed by atoms with Gasteiger partial charge in [-0.1, -0.05) is 23.7 Å². The van der Waals surface area contributed by atoms with Gasteiger partial charge in [0, 0.05) is 37.7 Å². The average Bonchev–Trinajstić information content (AvgIpc) is 2.66. The third-order valence-electron chi connectivity index (χ3n) is 5.48. The SMILES string of the molecule is CCN1C(=O)CC[C@@H](C(=O)NCC2CCOCC2)[C@@H]1c1cccc(Cl)c1. The van der Waals surface area contributed by atoms with Crippen LogP contribution in [0, 0.1) is 11.8 Å². The molecule has 2 aliphatic heterocycles. The first-order valence-corrected chi connectivity index (χ1v) is 9.88. The van der Waals surface area contributed by atoms with Gasteiger partial charge in [0.15, 0.2) is 0 Å². The van der Waals surface area contributed by atoms with Gasteiger partial charge in [-0.15, -0.1) is 0 Å². The van der Waals surface area contributed by atoms with Crippen molar-refractivity contribution in [2.45, 2.75) is 38.6 Å². The molecule has 1 aromatic carbocycles. The highest BCUT2D eigenvalue weighted by molar-refractivity contribution is 6.30. The molecule has 0 radical (unpaired) electrons. The van der Waals surface area contributed by atoms with Crippen LogP contribution in [-0.2, 0) is 14.3 Å². The van der Waals surface area contributed by atoms with Crippen LogP contribution >= 0.6 is 11.6 Å². The fraction of sp³-hybridized carbons (Fsp3) is 0.600. The van der Waals surface area contributed by atoms with E-state index >= 15 is 0 Å². The molecule has 2 amide bonds. The molecule has 0 aromatic heterocycles. The van der Waals surface area contributed by atoms with E-state index in [9.17, 15) is 9.59 Å². The first-order valence-electron chi connectivity index (χ1n) is 9.50. The Balaban J connectivity index is 1.75. The summed E-state index contributed by atoms with van der Waals surface area (Å²) in [6.45, 7) is 4.76. The lowest BCUT2D eigenvalue weighted by Crippen LogP contribution is -2.48. The number of ether oxygens (including phenoxy) is 1. The molecule has 2 saturated heterocycles. The number of hydrogen-bond donors (Lipinski definition) is 1. The molecule has 0 bridgehead atoms. The van der Waals surface area contributed by atoms with Crippen molar-refractivity contribution < 1.29 is 14.3 Å². The lowest BCUT2D eigenvalue weighted by atomic mass is 9.83. The number of likely N-dealkylation sites (tertiary alicyclic amines) is 1. The van der Waals surface area contributed by atoms with Crippen molar-refractivity contribution in [3.8, 4) is 0 Å². The molecule has 3 rings (SSSR count). The lowest BCUT2D eigenvalue weighted by molar-refractivity contribution is -0.143. The Morgan fingerprint density at radius 2 is 2.08 bits per heavy atom. The molecular weight excluding hydrogens is 352 g/mol. The first-order chi connectivity index (χ1) is 12.6. The molecule has 1 N–H and O–H groups in total. The summed E-state index contributed by atoms with van der Waals surface area (Å²) in [7, 11) is 0. The molecule has 2 aliphatic rings. The van der Waals surface area contributed by atoms with Crippen LogP contribution in [-0.4, -0.2) is 43.0 Å². The van der Waals surface area contributed by atoms with E-state index in [-0.39, 0.29) is 23.8 Å². The van der Waals surface area contributed by atoms with Crippen molar-refractivity contribution in [3.05, 3.63) is 34.9 Å². The monoisotopic (exact) mass is 378 g/mol. The van der Waals surface area contributed by atoms with E-state index in [1.165, 1.54) is 0 Å². The zero-order valence-corrected chi connectivity index (χ0v) is 16.0. The summed E-state index contributed by atoms with van der Waals surface area (Å²) in [6.07, 6.45) is 2.97. The van der Waals surface area contributed by atoms with Crippen LogP contribution in [0.25, 0.3) is 0 Å². The van der Waals surface area contributed by atoms with Gasteiger partial charge in [-0.2, -0.15) is 0 Å². The van der Waals surface area contributed by atoms with Gasteiger partial charge in [0.05, 0.1) is 12.0 Å². The Hall–Kier alpha value is -1.59. The molecule has 0 saturated carbocycles. The first kappa shape index (κ1) is 19.2. The Morgan fingerprint density at radius 3 is 2.77 bits per heavy atom. The number of benzene rings is 1. The van der Waals surface area contributed by atoms with Gasteiger partial charge in [0.1, 0.15) is 0 Å². The van der Waals surface area contributed by atoms with E-state index < -0.39 is 0 Å². The lowest BCUT2D eigenvalue weighted by Gasteiger charge is -2.40. The number of rotatable bonds is 5. The van der Waals surface area contributed by atoms with Gasteiger partial charge in [-0.3, -0.25) is 9.59 Å². The third kappa shape index (κ3) is 4.38. The van der Waals surface area contributed by atoms with Gasteiger partial charge in [0.25, 0.3) is 0 Å². The number of piperidine rings is 1. The van der Waals surface area contributed by atoms with Crippen LogP contribution in [0.15, 0.2) is 24.3 Å². The molecule has 2 fully saturated rings. The molecule has 0 spiro atoms. The van der Waals surface area contributed by atoms with Crippen LogP contribution in [0.5, 0.6) is 0 Å². The highest BCUT2D eigenvalue weighted by Gasteiger charge is 2.40. The molecule has 5 nitrogen and oxygen atoms in total. The van der Waals surface area contributed by atoms with Gasteiger partial charge < -0.3 is 15.0 Å². The summed E-state index contributed by atoms with van der Waals surface area (Å²) in [5.41, 5.74) is 0.929. The summed E-state index contributed by atoms with van der Waals surface area (Å²) >= 11 is 6.17. The fourth-order valence-electron chi connectivity index (χ4n) is 4.03. The van der Waals surface area contributed by atoms with Crippen molar-refractivity contribution in [1.82, 2.24) is 10.2 Å². The quantitative estimate of drug-likeness (QED) is 0.856. The topological polar surface area (TPSA) is 58.6 Å². The Bertz CT molecular complexity index is 646. The van der Waals surface area contributed by atoms with Crippen LogP contribution < -0.4 is 5.32 Å². The van der Waals surface area contributed by atoms with Crippen molar-refractivity contribution in [1.29, 1.82) is 0 Å². The molecule has 1 aromatic rings. The largest absolute Gasteiger partial charge is 0.381 e. The second-order valence-electron chi connectivity index (χ2n) is 7.13. The predicted molar refractivity (Wildman–Crippen MR) is 101 cm³/mol. The average molecular weight is 379 g/mol. The van der Waals surface area contributed by atoms with Crippen LogP contribution in [0.1, 0.15) is 44.2 Å². The van der Waals surface area contributed by atoms with E-state index in [1.807, 2.05) is 36.1 Å². The fourth-order valence-corrected chi connectivity index (χ4v) is 4.23. The summed E-state index contributed by atoms with van der Waals surface area (Å²) in [5, 5.41) is 3.75. The molecule has 0 aliphatic carbocycles. The van der Waals surface area contributed by atoms with Crippen LogP contribution in [0.2, 0.25) is 5.02 Å². The van der Waals surface area contributed by atoms with Crippen molar-refractivity contribution in [2.75, 3.05) is 26.3 Å². The Labute approximate surface area is 160 Å². The Morgan fingerprint density at radius 1 is 1.31 bits per heavy atom. The molecule has 0 unspecified atom stereocenters. The summed E-state index contributed by atoms with van der Waals surface area (Å²) in [5.74, 6) is 0.370.